The first-order valence-corrected chi connectivity index (χ1v) is 7.45. The molecule has 0 saturated heterocycles. The summed E-state index contributed by atoms with van der Waals surface area (Å²) in [5.74, 6) is 1.70. The van der Waals surface area contributed by atoms with E-state index in [0.29, 0.717) is 29.4 Å². The van der Waals surface area contributed by atoms with Gasteiger partial charge < -0.3 is 14.5 Å². The summed E-state index contributed by atoms with van der Waals surface area (Å²) in [6, 6.07) is 11.5. The van der Waals surface area contributed by atoms with Gasteiger partial charge in [-0.05, 0) is 18.8 Å². The Labute approximate surface area is 126 Å². The highest BCUT2D eigenvalue weighted by molar-refractivity contribution is 5.78. The quantitative estimate of drug-likeness (QED) is 0.778. The highest BCUT2D eigenvalue weighted by atomic mass is 16.3. The van der Waals surface area contributed by atoms with Crippen molar-refractivity contribution in [2.75, 3.05) is 0 Å². The number of nitrogens with one attached hydrogen (secondary N) is 1. The number of benzene rings is 1. The number of aromatic nitrogens is 2. The average Bonchev–Trinajstić information content (AvgIpc) is 2.91. The fourth-order valence-corrected chi connectivity index (χ4v) is 2.97. The lowest BCUT2D eigenvalue weighted by molar-refractivity contribution is 0.0424. The molecule has 0 unspecified atom stereocenters. The minimum atomic E-state index is -0.248. The minimum absolute atomic E-state index is 0.195. The Morgan fingerprint density at radius 2 is 2.05 bits per heavy atom. The molecule has 0 amide bonds. The van der Waals surface area contributed by atoms with E-state index in [1.165, 1.54) is 0 Å². The maximum Gasteiger partial charge on any atom is 0.294 e. The molecular weight excluding hydrogens is 280 g/mol. The van der Waals surface area contributed by atoms with E-state index in [0.717, 1.165) is 18.4 Å². The molecule has 0 aliphatic heterocycles. The lowest BCUT2D eigenvalue weighted by Gasteiger charge is -2.30. The monoisotopic (exact) mass is 296 g/mol. The fraction of sp³-hybridized carbons (Fsp3) is 0.294. The van der Waals surface area contributed by atoms with Crippen LogP contribution in [0.15, 0.2) is 45.6 Å². The van der Waals surface area contributed by atoms with Gasteiger partial charge in [-0.25, -0.2) is 4.98 Å². The molecule has 5 heteroatoms. The first kappa shape index (κ1) is 13.3. The van der Waals surface area contributed by atoms with Gasteiger partial charge in [-0.1, -0.05) is 30.3 Å². The van der Waals surface area contributed by atoms with Gasteiger partial charge in [-0.15, -0.1) is 0 Å². The predicted octanol–water partition coefficient (Wildman–Crippen LogP) is 2.50. The smallest absolute Gasteiger partial charge is 0.294 e. The number of hydrogen-bond acceptors (Lipinski definition) is 4. The maximum atomic E-state index is 12.2. The molecule has 112 valence electrons. The SMILES string of the molecule is O=c1[nH]c(CC2CC(O)C2)nc2cc(-c3ccccc3)oc12. The van der Waals surface area contributed by atoms with Gasteiger partial charge in [0.1, 0.15) is 17.1 Å². The van der Waals surface area contributed by atoms with Crippen LogP contribution in [-0.2, 0) is 6.42 Å². The van der Waals surface area contributed by atoms with Crippen molar-refractivity contribution in [2.45, 2.75) is 25.4 Å². The molecule has 1 fully saturated rings. The van der Waals surface area contributed by atoms with Crippen molar-refractivity contribution in [1.82, 2.24) is 9.97 Å². The van der Waals surface area contributed by atoms with Crippen LogP contribution < -0.4 is 5.56 Å². The zero-order valence-electron chi connectivity index (χ0n) is 12.0. The fourth-order valence-electron chi connectivity index (χ4n) is 2.97. The van der Waals surface area contributed by atoms with E-state index in [9.17, 15) is 9.90 Å². The Morgan fingerprint density at radius 3 is 2.77 bits per heavy atom. The van der Waals surface area contributed by atoms with Crippen LogP contribution in [0.2, 0.25) is 0 Å². The zero-order chi connectivity index (χ0) is 15.1. The second kappa shape index (κ2) is 5.10. The molecule has 3 aromatic rings. The average molecular weight is 296 g/mol. The molecule has 0 spiro atoms. The van der Waals surface area contributed by atoms with Gasteiger partial charge in [0.05, 0.1) is 6.10 Å². The van der Waals surface area contributed by atoms with Crippen LogP contribution >= 0.6 is 0 Å². The summed E-state index contributed by atoms with van der Waals surface area (Å²) in [5.41, 5.74) is 1.51. The molecule has 1 aromatic carbocycles. The second-order valence-electron chi connectivity index (χ2n) is 5.90. The van der Waals surface area contributed by atoms with E-state index in [1.54, 1.807) is 6.07 Å². The molecule has 22 heavy (non-hydrogen) atoms. The van der Waals surface area contributed by atoms with E-state index in [4.69, 9.17) is 4.42 Å². The number of aliphatic hydroxyl groups is 1. The topological polar surface area (TPSA) is 79.1 Å². The van der Waals surface area contributed by atoms with Gasteiger partial charge in [-0.2, -0.15) is 0 Å². The first-order valence-electron chi connectivity index (χ1n) is 7.45. The largest absolute Gasteiger partial charge is 0.449 e. The van der Waals surface area contributed by atoms with E-state index >= 15 is 0 Å². The van der Waals surface area contributed by atoms with Gasteiger partial charge in [-0.3, -0.25) is 4.79 Å². The number of furan rings is 1. The molecule has 0 radical (unpaired) electrons. The van der Waals surface area contributed by atoms with Gasteiger partial charge in [0.2, 0.25) is 5.58 Å². The van der Waals surface area contributed by atoms with Crippen molar-refractivity contribution in [3.8, 4) is 11.3 Å². The summed E-state index contributed by atoms with van der Waals surface area (Å²) in [7, 11) is 0. The number of aliphatic hydroxyl groups excluding tert-OH is 1. The number of H-pyrrole nitrogens is 1. The Morgan fingerprint density at radius 1 is 1.27 bits per heavy atom. The van der Waals surface area contributed by atoms with Crippen molar-refractivity contribution >= 4 is 11.1 Å². The summed E-state index contributed by atoms with van der Waals surface area (Å²) in [6.07, 6.45) is 2.05. The van der Waals surface area contributed by atoms with Gasteiger partial charge in [0.25, 0.3) is 5.56 Å². The van der Waals surface area contributed by atoms with Crippen LogP contribution in [0, 0.1) is 5.92 Å². The molecule has 0 bridgehead atoms. The number of fused-ring (bicyclic) bond motifs is 1. The van der Waals surface area contributed by atoms with Crippen molar-refractivity contribution in [2.24, 2.45) is 5.92 Å². The normalized spacial score (nSPS) is 21.0. The van der Waals surface area contributed by atoms with Gasteiger partial charge in [0, 0.05) is 18.1 Å². The van der Waals surface area contributed by atoms with E-state index in [-0.39, 0.29) is 17.2 Å². The van der Waals surface area contributed by atoms with E-state index < -0.39 is 0 Å². The van der Waals surface area contributed by atoms with Gasteiger partial charge in [0.15, 0.2) is 0 Å². The highest BCUT2D eigenvalue weighted by Gasteiger charge is 2.28. The second-order valence-corrected chi connectivity index (χ2v) is 5.90. The third-order valence-corrected chi connectivity index (χ3v) is 4.18. The summed E-state index contributed by atoms with van der Waals surface area (Å²) < 4.78 is 5.66. The predicted molar refractivity (Wildman–Crippen MR) is 82.5 cm³/mol. The first-order chi connectivity index (χ1) is 10.7. The summed E-state index contributed by atoms with van der Waals surface area (Å²) >= 11 is 0. The van der Waals surface area contributed by atoms with Crippen LogP contribution in [0.4, 0.5) is 0 Å². The highest BCUT2D eigenvalue weighted by Crippen LogP contribution is 2.30. The molecule has 1 saturated carbocycles. The van der Waals surface area contributed by atoms with E-state index in [1.807, 2.05) is 30.3 Å². The third kappa shape index (κ3) is 2.33. The zero-order valence-corrected chi connectivity index (χ0v) is 12.0. The number of nitrogens with zero attached hydrogens (tertiary/aromatic N) is 1. The van der Waals surface area contributed by atoms with Crippen LogP contribution in [-0.4, -0.2) is 21.2 Å². The molecule has 2 heterocycles. The van der Waals surface area contributed by atoms with E-state index in [2.05, 4.69) is 9.97 Å². The lowest BCUT2D eigenvalue weighted by atomic mass is 9.80. The summed E-state index contributed by atoms with van der Waals surface area (Å²) in [5, 5.41) is 9.34. The Kier molecular flexibility index (Phi) is 3.08. The van der Waals surface area contributed by atoms with Crippen molar-refractivity contribution < 1.29 is 9.52 Å². The van der Waals surface area contributed by atoms with Gasteiger partial charge >= 0.3 is 0 Å². The van der Waals surface area contributed by atoms with Crippen LogP contribution in [0.25, 0.3) is 22.4 Å². The maximum absolute atomic E-state index is 12.2. The van der Waals surface area contributed by atoms with Crippen molar-refractivity contribution in [1.29, 1.82) is 0 Å². The van der Waals surface area contributed by atoms with Crippen LogP contribution in [0.5, 0.6) is 0 Å². The van der Waals surface area contributed by atoms with Crippen LogP contribution in [0.3, 0.4) is 0 Å². The molecule has 1 aliphatic rings. The summed E-state index contributed by atoms with van der Waals surface area (Å²) in [4.78, 5) is 19.4. The third-order valence-electron chi connectivity index (χ3n) is 4.18. The van der Waals surface area contributed by atoms with Crippen LogP contribution in [0.1, 0.15) is 18.7 Å². The number of rotatable bonds is 3. The standard InChI is InChI=1S/C17H16N2O3/c20-12-6-10(7-12)8-15-18-13-9-14(11-4-2-1-3-5-11)22-16(13)17(21)19-15/h1-5,9-10,12,20H,6-8H2,(H,18,19,21). The number of aromatic amines is 1. The lowest BCUT2D eigenvalue weighted by Crippen LogP contribution is -2.30. The molecular formula is C17H16N2O3. The van der Waals surface area contributed by atoms with Crippen molar-refractivity contribution in [3.63, 3.8) is 0 Å². The Bertz CT molecular complexity index is 860. The molecule has 5 nitrogen and oxygen atoms in total. The Balaban J connectivity index is 1.70. The minimum Gasteiger partial charge on any atom is -0.449 e. The van der Waals surface area contributed by atoms with Crippen molar-refractivity contribution in [3.05, 3.63) is 52.6 Å². The summed E-state index contributed by atoms with van der Waals surface area (Å²) in [6.45, 7) is 0. The molecule has 2 N–H and O–H groups in total. The number of hydrogen-bond donors (Lipinski definition) is 2. The Hall–Kier alpha value is -2.40. The molecule has 2 aromatic heterocycles. The molecule has 0 atom stereocenters. The molecule has 1 aliphatic carbocycles. The molecule has 4 rings (SSSR count).